The Morgan fingerprint density at radius 2 is 1.84 bits per heavy atom. The highest BCUT2D eigenvalue weighted by Gasteiger charge is 2.22. The van der Waals surface area contributed by atoms with E-state index in [1.807, 2.05) is 22.8 Å². The summed E-state index contributed by atoms with van der Waals surface area (Å²) in [6.07, 6.45) is 5.94. The highest BCUT2D eigenvalue weighted by atomic mass is 16.5. The predicted octanol–water partition coefficient (Wildman–Crippen LogP) is 4.65. The summed E-state index contributed by atoms with van der Waals surface area (Å²) in [5.74, 6) is 0.0540. The van der Waals surface area contributed by atoms with E-state index in [9.17, 15) is 14.4 Å². The molecule has 1 saturated carbocycles. The van der Waals surface area contributed by atoms with E-state index in [-0.39, 0.29) is 5.91 Å². The van der Waals surface area contributed by atoms with Crippen LogP contribution in [0.3, 0.4) is 0 Å². The number of aryl methyl sites for hydroxylation is 1. The number of methoxy groups -OCH3 is 2. The van der Waals surface area contributed by atoms with E-state index in [1.165, 1.54) is 26.0 Å². The molecular formula is C28H34N4O5. The van der Waals surface area contributed by atoms with Crippen molar-refractivity contribution in [2.45, 2.75) is 45.1 Å². The molecular weight excluding hydrogens is 472 g/mol. The minimum Gasteiger partial charge on any atom is -0.465 e. The van der Waals surface area contributed by atoms with Gasteiger partial charge < -0.3 is 18.9 Å². The van der Waals surface area contributed by atoms with Gasteiger partial charge in [-0.1, -0.05) is 18.9 Å². The first-order chi connectivity index (χ1) is 17.9. The van der Waals surface area contributed by atoms with E-state index in [0.717, 1.165) is 30.5 Å². The van der Waals surface area contributed by atoms with Gasteiger partial charge in [-0.15, -0.1) is 0 Å². The van der Waals surface area contributed by atoms with Gasteiger partial charge in [0.15, 0.2) is 0 Å². The molecule has 1 N–H and O–H groups in total. The molecule has 0 aliphatic heterocycles. The van der Waals surface area contributed by atoms with Gasteiger partial charge in [0.2, 0.25) is 11.9 Å². The van der Waals surface area contributed by atoms with E-state index < -0.39 is 11.9 Å². The number of esters is 1. The van der Waals surface area contributed by atoms with Crippen LogP contribution in [0.4, 0.5) is 11.6 Å². The lowest BCUT2D eigenvalue weighted by Crippen LogP contribution is -2.27. The molecule has 1 aliphatic carbocycles. The second kappa shape index (κ2) is 12.0. The number of nitrogens with one attached hydrogen (secondary N) is 1. The van der Waals surface area contributed by atoms with Gasteiger partial charge in [-0.2, -0.15) is 0 Å². The molecule has 1 aliphatic rings. The Balaban J connectivity index is 1.59. The number of imidazole rings is 1. The van der Waals surface area contributed by atoms with Crippen molar-refractivity contribution in [2.24, 2.45) is 5.92 Å². The van der Waals surface area contributed by atoms with Gasteiger partial charge in [0, 0.05) is 45.0 Å². The quantitative estimate of drug-likeness (QED) is 0.317. The molecule has 9 nitrogen and oxygen atoms in total. The topological polar surface area (TPSA) is 103 Å². The van der Waals surface area contributed by atoms with E-state index in [1.54, 1.807) is 37.3 Å². The number of aromatic nitrogens is 2. The number of amides is 2. The molecule has 1 heterocycles. The molecule has 0 unspecified atom stereocenters. The highest BCUT2D eigenvalue weighted by molar-refractivity contribution is 6.05. The number of rotatable bonds is 10. The molecule has 2 amide bonds. The Labute approximate surface area is 216 Å². The lowest BCUT2D eigenvalue weighted by Gasteiger charge is -2.19. The molecule has 1 aromatic heterocycles. The first kappa shape index (κ1) is 26.3. The third kappa shape index (κ3) is 6.17. The number of carbonyl (C=O) groups is 3. The van der Waals surface area contributed by atoms with Gasteiger partial charge in [-0.3, -0.25) is 14.9 Å². The van der Waals surface area contributed by atoms with Crippen LogP contribution in [-0.4, -0.2) is 55.2 Å². The molecule has 0 spiro atoms. The second-order valence-corrected chi connectivity index (χ2v) is 9.44. The fourth-order valence-corrected chi connectivity index (χ4v) is 4.84. The van der Waals surface area contributed by atoms with Crippen LogP contribution in [0.5, 0.6) is 0 Å². The minimum atomic E-state index is -0.513. The molecule has 0 radical (unpaired) electrons. The summed E-state index contributed by atoms with van der Waals surface area (Å²) in [7, 11) is 4.74. The Morgan fingerprint density at radius 3 is 2.57 bits per heavy atom. The number of hydrogen-bond donors (Lipinski definition) is 1. The maximum absolute atomic E-state index is 13.1. The summed E-state index contributed by atoms with van der Waals surface area (Å²) in [6.45, 7) is 1.14. The van der Waals surface area contributed by atoms with Crippen molar-refractivity contribution in [3.05, 3.63) is 53.6 Å². The number of carbonyl (C=O) groups excluding carboxylic acids is 3. The van der Waals surface area contributed by atoms with Crippen LogP contribution in [0.15, 0.2) is 42.5 Å². The van der Waals surface area contributed by atoms with Crippen molar-refractivity contribution in [1.82, 2.24) is 9.55 Å². The predicted molar refractivity (Wildman–Crippen MR) is 142 cm³/mol. The number of fused-ring (bicyclic) bond motifs is 1. The van der Waals surface area contributed by atoms with Gasteiger partial charge in [-0.25, -0.2) is 9.78 Å². The van der Waals surface area contributed by atoms with Crippen molar-refractivity contribution in [2.75, 3.05) is 38.1 Å². The molecule has 37 heavy (non-hydrogen) atoms. The first-order valence-corrected chi connectivity index (χ1v) is 12.7. The Bertz CT molecular complexity index is 1280. The van der Waals surface area contributed by atoms with Crippen molar-refractivity contribution in [1.29, 1.82) is 0 Å². The molecule has 0 atom stereocenters. The summed E-state index contributed by atoms with van der Waals surface area (Å²) in [5, 5.41) is 2.89. The van der Waals surface area contributed by atoms with Crippen LogP contribution in [0.2, 0.25) is 0 Å². The average Bonchev–Trinajstić information content (AvgIpc) is 3.55. The van der Waals surface area contributed by atoms with Gasteiger partial charge in [0.05, 0.1) is 23.7 Å². The fourth-order valence-electron chi connectivity index (χ4n) is 4.84. The Kier molecular flexibility index (Phi) is 8.55. The summed E-state index contributed by atoms with van der Waals surface area (Å²) in [5.41, 5.74) is 2.89. The number of hydrogen-bond acceptors (Lipinski definition) is 6. The van der Waals surface area contributed by atoms with Crippen LogP contribution in [0.1, 0.15) is 59.2 Å². The normalized spacial score (nSPS) is 13.6. The second-order valence-electron chi connectivity index (χ2n) is 9.44. The largest absolute Gasteiger partial charge is 0.465 e. The van der Waals surface area contributed by atoms with E-state index in [2.05, 4.69) is 5.32 Å². The molecule has 4 rings (SSSR count). The molecule has 9 heteroatoms. The van der Waals surface area contributed by atoms with E-state index in [0.29, 0.717) is 48.1 Å². The van der Waals surface area contributed by atoms with Crippen molar-refractivity contribution in [3.63, 3.8) is 0 Å². The van der Waals surface area contributed by atoms with Crippen LogP contribution in [0, 0.1) is 5.92 Å². The van der Waals surface area contributed by atoms with Gasteiger partial charge >= 0.3 is 5.97 Å². The van der Waals surface area contributed by atoms with E-state index in [4.69, 9.17) is 14.5 Å². The van der Waals surface area contributed by atoms with Crippen LogP contribution in [-0.2, 0) is 20.8 Å². The van der Waals surface area contributed by atoms with E-state index >= 15 is 0 Å². The number of ether oxygens (including phenoxy) is 2. The van der Waals surface area contributed by atoms with Crippen LogP contribution >= 0.6 is 0 Å². The Morgan fingerprint density at radius 1 is 1.08 bits per heavy atom. The summed E-state index contributed by atoms with van der Waals surface area (Å²) >= 11 is 0. The summed E-state index contributed by atoms with van der Waals surface area (Å²) in [4.78, 5) is 44.2. The third-order valence-electron chi connectivity index (χ3n) is 6.93. The fraction of sp³-hybridized carbons (Fsp3) is 0.429. The maximum atomic E-state index is 13.1. The summed E-state index contributed by atoms with van der Waals surface area (Å²) < 4.78 is 11.9. The number of anilines is 2. The first-order valence-electron chi connectivity index (χ1n) is 12.7. The number of nitrogens with zero attached hydrogens (tertiary/aromatic N) is 3. The maximum Gasteiger partial charge on any atom is 0.337 e. The average molecular weight is 507 g/mol. The zero-order valence-electron chi connectivity index (χ0n) is 21.7. The smallest absolute Gasteiger partial charge is 0.337 e. The zero-order chi connectivity index (χ0) is 26.4. The van der Waals surface area contributed by atoms with Crippen LogP contribution in [0.25, 0.3) is 11.0 Å². The van der Waals surface area contributed by atoms with Crippen molar-refractivity contribution < 1.29 is 23.9 Å². The lowest BCUT2D eigenvalue weighted by atomic mass is 10.0. The highest BCUT2D eigenvalue weighted by Crippen LogP contribution is 2.30. The SMILES string of the molecule is COCCCn1c(NC(=O)c2cccc(C(=O)OC)c2)nc2cc(N(C)C(=O)CC3CCCC3)ccc21. The molecule has 196 valence electrons. The lowest BCUT2D eigenvalue weighted by molar-refractivity contribution is -0.119. The summed E-state index contributed by atoms with van der Waals surface area (Å²) in [6, 6.07) is 12.1. The molecule has 3 aromatic rings. The Hall–Kier alpha value is -3.72. The van der Waals surface area contributed by atoms with Gasteiger partial charge in [-0.05, 0) is 61.6 Å². The van der Waals surface area contributed by atoms with Gasteiger partial charge in [0.25, 0.3) is 5.91 Å². The molecule has 2 aromatic carbocycles. The third-order valence-corrected chi connectivity index (χ3v) is 6.93. The minimum absolute atomic E-state index is 0.102. The molecule has 0 saturated heterocycles. The number of benzene rings is 2. The standard InChI is InChI=1S/C28H34N4O5/c1-31(25(33)16-19-8-4-5-9-19)22-12-13-24-23(18-22)29-28(32(24)14-7-15-36-2)30-26(34)20-10-6-11-21(17-20)27(35)37-3/h6,10-13,17-19H,4-5,7-9,14-16H2,1-3H3,(H,29,30,34). The van der Waals surface area contributed by atoms with Crippen molar-refractivity contribution >= 4 is 40.5 Å². The van der Waals surface area contributed by atoms with Crippen molar-refractivity contribution in [3.8, 4) is 0 Å². The monoisotopic (exact) mass is 506 g/mol. The van der Waals surface area contributed by atoms with Gasteiger partial charge in [0.1, 0.15) is 0 Å². The molecule has 1 fully saturated rings. The zero-order valence-corrected chi connectivity index (χ0v) is 21.7. The van der Waals surface area contributed by atoms with Crippen LogP contribution < -0.4 is 10.2 Å². The molecule has 0 bridgehead atoms.